The smallest absolute Gasteiger partial charge is 0.236 e. The molecular weight excluding hydrogens is 356 g/mol. The third-order valence-electron chi connectivity index (χ3n) is 4.51. The average Bonchev–Trinajstić information content (AvgIpc) is 2.54. The maximum absolute atomic E-state index is 12.3. The number of carbonyl (C=O) groups excluding carboxylic acids is 1. The summed E-state index contributed by atoms with van der Waals surface area (Å²) in [7, 11) is -6.37. The van der Waals surface area contributed by atoms with E-state index in [9.17, 15) is 21.6 Å². The molecule has 2 aliphatic heterocycles. The summed E-state index contributed by atoms with van der Waals surface area (Å²) >= 11 is 0. The van der Waals surface area contributed by atoms with E-state index in [-0.39, 0.29) is 18.2 Å². The lowest BCUT2D eigenvalue weighted by Crippen LogP contribution is -2.55. The lowest BCUT2D eigenvalue weighted by Gasteiger charge is -2.37. The van der Waals surface area contributed by atoms with Gasteiger partial charge in [-0.1, -0.05) is 0 Å². The second-order valence-electron chi connectivity index (χ2n) is 6.12. The van der Waals surface area contributed by atoms with Gasteiger partial charge in [0.1, 0.15) is 0 Å². The van der Waals surface area contributed by atoms with Gasteiger partial charge >= 0.3 is 0 Å². The Hall–Kier alpha value is -0.750. The minimum absolute atomic E-state index is 0.0325. The number of hydrogen-bond acceptors (Lipinski definition) is 6. The van der Waals surface area contributed by atoms with E-state index in [1.54, 1.807) is 11.8 Å². The molecule has 0 aliphatic carbocycles. The van der Waals surface area contributed by atoms with E-state index >= 15 is 0 Å². The van der Waals surface area contributed by atoms with Crippen LogP contribution in [0.5, 0.6) is 0 Å². The van der Waals surface area contributed by atoms with Crippen molar-refractivity contribution in [3.05, 3.63) is 0 Å². The molecule has 1 amide bonds. The third kappa shape index (κ3) is 4.88. The molecule has 2 saturated heterocycles. The first kappa shape index (κ1) is 19.6. The normalized spacial score (nSPS) is 22.7. The zero-order valence-electron chi connectivity index (χ0n) is 14.2. The molecule has 24 heavy (non-hydrogen) atoms. The Bertz CT molecular complexity index is 648. The van der Waals surface area contributed by atoms with Crippen molar-refractivity contribution < 1.29 is 21.6 Å². The first-order valence-electron chi connectivity index (χ1n) is 8.06. The minimum atomic E-state index is -3.20. The largest absolute Gasteiger partial charge is 0.339 e. The number of rotatable bonds is 5. The van der Waals surface area contributed by atoms with Crippen LogP contribution < -0.4 is 0 Å². The highest BCUT2D eigenvalue weighted by Crippen LogP contribution is 2.10. The van der Waals surface area contributed by atoms with Crippen LogP contribution in [-0.2, 0) is 24.8 Å². The van der Waals surface area contributed by atoms with Crippen molar-refractivity contribution in [2.24, 2.45) is 0 Å². The predicted octanol–water partition coefficient (Wildman–Crippen LogP) is -1.94. The standard InChI is InChI=1S/C13H26N4O5S2/c1-3-24(21,22)17-8-4-14(5-9-17)12-13(18)15-6-10-16(11-7-15)23(2,19)20/h3-12H2,1-2H3. The molecule has 0 atom stereocenters. The molecule has 2 heterocycles. The van der Waals surface area contributed by atoms with Gasteiger partial charge in [0.15, 0.2) is 0 Å². The molecule has 9 nitrogen and oxygen atoms in total. The van der Waals surface area contributed by atoms with Gasteiger partial charge in [0.2, 0.25) is 26.0 Å². The Balaban J connectivity index is 1.79. The van der Waals surface area contributed by atoms with Crippen molar-refractivity contribution in [2.75, 3.05) is 70.9 Å². The van der Waals surface area contributed by atoms with Crippen molar-refractivity contribution in [2.45, 2.75) is 6.92 Å². The van der Waals surface area contributed by atoms with E-state index in [4.69, 9.17) is 0 Å². The first-order valence-corrected chi connectivity index (χ1v) is 11.5. The minimum Gasteiger partial charge on any atom is -0.339 e. The summed E-state index contributed by atoms with van der Waals surface area (Å²) in [6.45, 7) is 5.21. The molecule has 0 radical (unpaired) electrons. The van der Waals surface area contributed by atoms with E-state index in [0.29, 0.717) is 52.4 Å². The molecule has 0 aromatic carbocycles. The van der Waals surface area contributed by atoms with Crippen molar-refractivity contribution in [1.82, 2.24) is 18.4 Å². The van der Waals surface area contributed by atoms with E-state index in [1.807, 2.05) is 4.90 Å². The van der Waals surface area contributed by atoms with Crippen LogP contribution in [0.25, 0.3) is 0 Å². The first-order chi connectivity index (χ1) is 11.1. The number of nitrogens with zero attached hydrogens (tertiary/aromatic N) is 4. The van der Waals surface area contributed by atoms with Crippen LogP contribution in [0.1, 0.15) is 6.92 Å². The molecule has 0 saturated carbocycles. The van der Waals surface area contributed by atoms with Gasteiger partial charge in [-0.05, 0) is 6.92 Å². The highest BCUT2D eigenvalue weighted by Gasteiger charge is 2.29. The monoisotopic (exact) mass is 382 g/mol. The van der Waals surface area contributed by atoms with Crippen LogP contribution in [0.15, 0.2) is 0 Å². The van der Waals surface area contributed by atoms with Crippen molar-refractivity contribution >= 4 is 26.0 Å². The molecule has 0 bridgehead atoms. The van der Waals surface area contributed by atoms with Gasteiger partial charge in [-0.15, -0.1) is 0 Å². The van der Waals surface area contributed by atoms with Crippen molar-refractivity contribution in [3.8, 4) is 0 Å². The molecular formula is C13H26N4O5S2. The van der Waals surface area contributed by atoms with Gasteiger partial charge in [0.25, 0.3) is 0 Å². The highest BCUT2D eigenvalue weighted by atomic mass is 32.2. The molecule has 0 aromatic heterocycles. The molecule has 2 rings (SSSR count). The summed E-state index contributed by atoms with van der Waals surface area (Å²) in [6, 6.07) is 0. The fourth-order valence-electron chi connectivity index (χ4n) is 2.91. The summed E-state index contributed by atoms with van der Waals surface area (Å²) in [6.07, 6.45) is 1.17. The summed E-state index contributed by atoms with van der Waals surface area (Å²) in [5.41, 5.74) is 0. The SMILES string of the molecule is CCS(=O)(=O)N1CCN(CC(=O)N2CCN(S(C)(=O)=O)CC2)CC1. The number of amides is 1. The predicted molar refractivity (Wildman–Crippen MR) is 90.5 cm³/mol. The fraction of sp³-hybridized carbons (Fsp3) is 0.923. The average molecular weight is 383 g/mol. The third-order valence-corrected chi connectivity index (χ3v) is 7.69. The van der Waals surface area contributed by atoms with Crippen LogP contribution in [-0.4, -0.2) is 112 Å². The van der Waals surface area contributed by atoms with Crippen LogP contribution >= 0.6 is 0 Å². The maximum atomic E-state index is 12.3. The molecule has 11 heteroatoms. The molecule has 2 aliphatic rings. The van der Waals surface area contributed by atoms with Crippen LogP contribution in [0.4, 0.5) is 0 Å². The van der Waals surface area contributed by atoms with E-state index < -0.39 is 20.0 Å². The second kappa shape index (κ2) is 7.65. The Labute approximate surface area is 144 Å². The zero-order valence-corrected chi connectivity index (χ0v) is 15.9. The van der Waals surface area contributed by atoms with Gasteiger partial charge in [-0.3, -0.25) is 9.69 Å². The van der Waals surface area contributed by atoms with Gasteiger partial charge in [-0.2, -0.15) is 8.61 Å². The number of sulfonamides is 2. The molecule has 0 unspecified atom stereocenters. The van der Waals surface area contributed by atoms with Crippen LogP contribution in [0.2, 0.25) is 0 Å². The second-order valence-corrected chi connectivity index (χ2v) is 10.4. The summed E-state index contributed by atoms with van der Waals surface area (Å²) in [5, 5.41) is 0. The van der Waals surface area contributed by atoms with Gasteiger partial charge in [0.05, 0.1) is 18.6 Å². The van der Waals surface area contributed by atoms with Crippen LogP contribution in [0, 0.1) is 0 Å². The Kier molecular flexibility index (Phi) is 6.24. The molecule has 0 N–H and O–H groups in total. The Morgan fingerprint density at radius 1 is 0.833 bits per heavy atom. The van der Waals surface area contributed by atoms with Crippen LogP contribution in [0.3, 0.4) is 0 Å². The number of hydrogen-bond donors (Lipinski definition) is 0. The van der Waals surface area contributed by atoms with Crippen molar-refractivity contribution in [3.63, 3.8) is 0 Å². The van der Waals surface area contributed by atoms with E-state index in [2.05, 4.69) is 0 Å². The van der Waals surface area contributed by atoms with E-state index in [1.165, 1.54) is 14.9 Å². The molecule has 0 aromatic rings. The lowest BCUT2D eigenvalue weighted by atomic mass is 10.3. The number of piperazine rings is 2. The Morgan fingerprint density at radius 2 is 1.33 bits per heavy atom. The van der Waals surface area contributed by atoms with Gasteiger partial charge in [-0.25, -0.2) is 16.8 Å². The molecule has 0 spiro atoms. The van der Waals surface area contributed by atoms with Crippen molar-refractivity contribution in [1.29, 1.82) is 0 Å². The summed E-state index contributed by atoms with van der Waals surface area (Å²) in [5.74, 6) is 0.0613. The fourth-order valence-corrected chi connectivity index (χ4v) is 4.82. The summed E-state index contributed by atoms with van der Waals surface area (Å²) in [4.78, 5) is 16.0. The van der Waals surface area contributed by atoms with E-state index in [0.717, 1.165) is 0 Å². The quantitative estimate of drug-likeness (QED) is 0.549. The molecule has 140 valence electrons. The number of carbonyl (C=O) groups is 1. The molecule has 2 fully saturated rings. The Morgan fingerprint density at radius 3 is 1.79 bits per heavy atom. The van der Waals surface area contributed by atoms with Gasteiger partial charge < -0.3 is 4.90 Å². The lowest BCUT2D eigenvalue weighted by molar-refractivity contribution is -0.133. The topological polar surface area (TPSA) is 98.3 Å². The zero-order chi connectivity index (χ0) is 18.0. The van der Waals surface area contributed by atoms with Gasteiger partial charge in [0, 0.05) is 52.4 Å². The maximum Gasteiger partial charge on any atom is 0.236 e. The summed E-state index contributed by atoms with van der Waals surface area (Å²) < 4.78 is 49.4. The highest BCUT2D eigenvalue weighted by molar-refractivity contribution is 7.89.